The van der Waals surface area contributed by atoms with Crippen LogP contribution in [-0.4, -0.2) is 210 Å². The second kappa shape index (κ2) is 36.5. The molecule has 5 aliphatic rings. The Balaban J connectivity index is 0.000000238. The number of amides is 3. The number of anilines is 4. The average Bonchev–Trinajstić information content (AvgIpc) is 2.28. The Morgan fingerprint density at radius 1 is 0.644 bits per heavy atom. The molecule has 1 N–H and O–H groups in total. The average molecular weight is 1370 g/mol. The van der Waals surface area contributed by atoms with E-state index in [1.807, 2.05) is 115 Å². The number of alkyl halides is 1. The molecule has 3 saturated heterocycles. The molecule has 3 aromatic carbocycles. The first-order valence-corrected chi connectivity index (χ1v) is 32.7. The Morgan fingerprint density at radius 3 is 1.47 bits per heavy atom. The number of aromatic nitrogens is 2. The zero-order valence-electron chi connectivity index (χ0n) is 51.0. The van der Waals surface area contributed by atoms with E-state index in [-0.39, 0.29) is 63.0 Å². The number of hydrogen-bond acceptors (Lipinski definition) is 21. The summed E-state index contributed by atoms with van der Waals surface area (Å²) in [5, 5.41) is 26.1. The number of ether oxygens (including phenoxy) is 3. The van der Waals surface area contributed by atoms with Crippen molar-refractivity contribution in [2.75, 3.05) is 160 Å². The molecule has 3 fully saturated rings. The smallest absolute Gasteiger partial charge is 0.265 e. The molecule has 0 bridgehead atoms. The highest BCUT2D eigenvalue weighted by Crippen LogP contribution is 2.38. The van der Waals surface area contributed by atoms with Gasteiger partial charge in [-0.25, -0.2) is 15.0 Å². The van der Waals surface area contributed by atoms with Crippen LogP contribution in [0.4, 0.5) is 21.9 Å². The van der Waals surface area contributed by atoms with Crippen LogP contribution in [0.2, 0.25) is 15.1 Å². The van der Waals surface area contributed by atoms with E-state index in [0.717, 1.165) is 80.7 Å². The number of thioether (sulfide) groups is 1. The van der Waals surface area contributed by atoms with Crippen molar-refractivity contribution >= 4 is 131 Å². The van der Waals surface area contributed by atoms with Crippen molar-refractivity contribution in [3.63, 3.8) is 0 Å². The summed E-state index contributed by atoms with van der Waals surface area (Å²) in [6.45, 7) is 16.1. The molecule has 90 heavy (non-hydrogen) atoms. The summed E-state index contributed by atoms with van der Waals surface area (Å²) in [6.07, 6.45) is -0.254. The summed E-state index contributed by atoms with van der Waals surface area (Å²) >= 11 is 28.8. The number of morpholine rings is 3. The van der Waals surface area contributed by atoms with Gasteiger partial charge in [0.2, 0.25) is 11.8 Å². The number of halogens is 4. The molecule has 5 aliphatic heterocycles. The second-order valence-electron chi connectivity index (χ2n) is 21.3. The molecule has 3 amide bonds. The number of likely N-dealkylation sites (N-methyl/N-ethyl adjacent to an activating group) is 2. The lowest BCUT2D eigenvalue weighted by molar-refractivity contribution is -0.120. The van der Waals surface area contributed by atoms with Gasteiger partial charge in [0.05, 0.1) is 65.8 Å². The van der Waals surface area contributed by atoms with Gasteiger partial charge in [-0.1, -0.05) is 120 Å². The van der Waals surface area contributed by atoms with Gasteiger partial charge in [-0.15, -0.1) is 11.6 Å². The first kappa shape index (κ1) is 75.0. The van der Waals surface area contributed by atoms with Gasteiger partial charge in [0, 0.05) is 60.9 Å². The summed E-state index contributed by atoms with van der Waals surface area (Å²) in [5.74, 6) is 0.779. The number of nitrogens with zero attached hydrogens (tertiary/aromatic N) is 14. The van der Waals surface area contributed by atoms with Crippen LogP contribution in [0.3, 0.4) is 0 Å². The zero-order chi connectivity index (χ0) is 63.6. The summed E-state index contributed by atoms with van der Waals surface area (Å²) in [7, 11) is 11.4. The van der Waals surface area contributed by atoms with Gasteiger partial charge in [0.25, 0.3) is 5.91 Å². The molecule has 0 aliphatic carbocycles. The molecule has 2 unspecified atom stereocenters. The maximum absolute atomic E-state index is 13.1. The first-order valence-electron chi connectivity index (χ1n) is 28.5. The standard InChI is InChI=1S/C20H26ClN5O2S.C20H24ClN5O2S.C18H18Cl2N4O2S.C2H7N.2CH4/c1-13-14(5-4-6-15(13)21)11-26-16(12-24(2)3)22-19(27)17-18(26)23-20(29-17)25-7-9-28-10-8-25;1-14-15(5-4-6-16(14)21)12-26(18(27)13-24(2)3)19-17(11-22)29-20(23-19)25-7-9-28-10-8-25;1-12-13(3-2-4-14(12)20)11-24(16(25)9-19)17-15(10-21)27-18(22-17)23-5-7-26-8-6-23;1-3-2;;/h4-6,17-18H,7-12H2,1-3H3;4-6H,7-10,12-13H2,1-3H3;2-4H,5-9,11H2,1H3;3H,1-2H3;2*1H4. The molecule has 28 heteroatoms. The fourth-order valence-electron chi connectivity index (χ4n) is 9.59. The Kier molecular flexibility index (Phi) is 30.5. The number of aliphatic imine (C=N–C) groups is 2. The fraction of sp³-hybridized carbons (Fsp3) is 0.500. The largest absolute Gasteiger partial charge is 0.378 e. The van der Waals surface area contributed by atoms with E-state index < -0.39 is 0 Å². The quantitative estimate of drug-likeness (QED) is 0.0965. The number of rotatable bonds is 15. The Bertz CT molecular complexity index is 3360. The number of thiazole rings is 2. The Hall–Kier alpha value is -5.68. The van der Waals surface area contributed by atoms with E-state index in [0.29, 0.717) is 109 Å². The number of hydrogen-bond donors (Lipinski definition) is 1. The van der Waals surface area contributed by atoms with Crippen molar-refractivity contribution in [2.45, 2.75) is 66.7 Å². The van der Waals surface area contributed by atoms with Gasteiger partial charge in [0.15, 0.2) is 36.8 Å². The van der Waals surface area contributed by atoms with Crippen LogP contribution in [0.5, 0.6) is 0 Å². The molecular formula is C62H83Cl4N15O6S3. The molecule has 0 saturated carbocycles. The molecule has 10 rings (SSSR count). The summed E-state index contributed by atoms with van der Waals surface area (Å²) in [6, 6.07) is 21.5. The highest BCUT2D eigenvalue weighted by Gasteiger charge is 2.46. The number of fused-ring (bicyclic) bond motifs is 1. The topological polar surface area (TPSA) is 215 Å². The van der Waals surface area contributed by atoms with E-state index in [2.05, 4.69) is 53.1 Å². The Labute approximate surface area is 563 Å². The van der Waals surface area contributed by atoms with Crippen LogP contribution < -0.4 is 24.9 Å². The highest BCUT2D eigenvalue weighted by molar-refractivity contribution is 8.15. The molecule has 21 nitrogen and oxygen atoms in total. The third kappa shape index (κ3) is 19.7. The van der Waals surface area contributed by atoms with Crippen molar-refractivity contribution in [2.24, 2.45) is 9.98 Å². The molecule has 5 aromatic rings. The van der Waals surface area contributed by atoms with E-state index in [9.17, 15) is 24.9 Å². The maximum atomic E-state index is 13.1. The van der Waals surface area contributed by atoms with Crippen LogP contribution in [0.15, 0.2) is 64.6 Å². The number of benzene rings is 3. The summed E-state index contributed by atoms with van der Waals surface area (Å²) in [4.78, 5) is 73.5. The molecule has 2 aromatic heterocycles. The van der Waals surface area contributed by atoms with Gasteiger partial charge in [-0.3, -0.25) is 24.2 Å². The first-order chi connectivity index (χ1) is 42.3. The molecule has 2 atom stereocenters. The maximum Gasteiger partial charge on any atom is 0.265 e. The van der Waals surface area contributed by atoms with Gasteiger partial charge in [-0.2, -0.15) is 15.5 Å². The number of nitriles is 2. The number of carbonyl (C=O) groups is 3. The minimum absolute atomic E-state index is 0. The van der Waals surface area contributed by atoms with Crippen LogP contribution in [0, 0.1) is 43.4 Å². The minimum Gasteiger partial charge on any atom is -0.378 e. The fourth-order valence-corrected chi connectivity index (χ4v) is 13.4. The lowest BCUT2D eigenvalue weighted by Crippen LogP contribution is -2.52. The number of carbonyl (C=O) groups excluding carboxylic acids is 3. The second-order valence-corrected chi connectivity index (χ2v) is 25.9. The van der Waals surface area contributed by atoms with Gasteiger partial charge >= 0.3 is 0 Å². The third-order valence-electron chi connectivity index (χ3n) is 14.4. The molecular weight excluding hydrogens is 1290 g/mol. The predicted octanol–water partition coefficient (Wildman–Crippen LogP) is 9.68. The molecule has 0 radical (unpaired) electrons. The Morgan fingerprint density at radius 2 is 1.06 bits per heavy atom. The lowest BCUT2D eigenvalue weighted by atomic mass is 10.1. The van der Waals surface area contributed by atoms with E-state index >= 15 is 0 Å². The van der Waals surface area contributed by atoms with Crippen LogP contribution in [-0.2, 0) is 48.2 Å². The zero-order valence-corrected chi connectivity index (χ0v) is 56.5. The van der Waals surface area contributed by atoms with Gasteiger partial charge < -0.3 is 48.9 Å². The van der Waals surface area contributed by atoms with Crippen molar-refractivity contribution in [1.29, 1.82) is 10.5 Å². The van der Waals surface area contributed by atoms with Crippen LogP contribution in [0.25, 0.3) is 0 Å². The number of nitrogens with one attached hydrogen (secondary N) is 1. The predicted molar refractivity (Wildman–Crippen MR) is 370 cm³/mol. The minimum atomic E-state index is -0.314. The summed E-state index contributed by atoms with van der Waals surface area (Å²) < 4.78 is 16.2. The van der Waals surface area contributed by atoms with Crippen molar-refractivity contribution in [3.05, 3.63) is 113 Å². The van der Waals surface area contributed by atoms with Crippen LogP contribution in [0.1, 0.15) is 58.0 Å². The van der Waals surface area contributed by atoms with Gasteiger partial charge in [-0.05, 0) is 115 Å². The van der Waals surface area contributed by atoms with Crippen molar-refractivity contribution < 1.29 is 28.6 Å². The third-order valence-corrected chi connectivity index (χ3v) is 19.1. The molecule has 0 spiro atoms. The lowest BCUT2D eigenvalue weighted by Gasteiger charge is -2.36. The van der Waals surface area contributed by atoms with E-state index in [1.54, 1.807) is 11.0 Å². The van der Waals surface area contributed by atoms with E-state index in [4.69, 9.17) is 70.6 Å². The van der Waals surface area contributed by atoms with Crippen LogP contribution >= 0.6 is 80.8 Å². The molecule has 7 heterocycles. The van der Waals surface area contributed by atoms with E-state index in [1.165, 1.54) is 39.3 Å². The van der Waals surface area contributed by atoms with Crippen molar-refractivity contribution in [1.82, 2.24) is 34.9 Å². The van der Waals surface area contributed by atoms with Crippen molar-refractivity contribution in [3.8, 4) is 12.1 Å². The normalized spacial score (nSPS) is 16.9. The monoisotopic (exact) mass is 1370 g/mol. The number of amidine groups is 2. The highest BCUT2D eigenvalue weighted by atomic mass is 35.5. The van der Waals surface area contributed by atoms with Gasteiger partial charge in [0.1, 0.15) is 35.3 Å². The summed E-state index contributed by atoms with van der Waals surface area (Å²) in [5.41, 5.74) is 5.78. The molecule has 488 valence electrons. The SMILES string of the molecule is C.C.CNC.Cc1c(Cl)cccc1CN(C(=O)CCl)c1nc(N2CCOCC2)sc1C#N.Cc1c(Cl)cccc1CN(C(=O)CN(C)C)c1nc(N2CCOCC2)sc1C#N.Cc1c(Cl)cccc1CN1C(CN(C)C)=NC(=O)C2SC(N3CCOCC3)=NC21.